The van der Waals surface area contributed by atoms with Crippen LogP contribution in [0.5, 0.6) is 0 Å². The lowest BCUT2D eigenvalue weighted by molar-refractivity contribution is 0.102. The smallest absolute Gasteiger partial charge is 0.256 e. The van der Waals surface area contributed by atoms with Gasteiger partial charge in [-0.2, -0.15) is 5.10 Å². The molecule has 29 heavy (non-hydrogen) atoms. The number of anilines is 2. The van der Waals surface area contributed by atoms with Gasteiger partial charge >= 0.3 is 0 Å². The van der Waals surface area contributed by atoms with E-state index < -0.39 is 10.0 Å². The van der Waals surface area contributed by atoms with Crippen LogP contribution in [0.15, 0.2) is 60.8 Å². The molecule has 0 saturated carbocycles. The molecule has 0 fully saturated rings. The van der Waals surface area contributed by atoms with Crippen LogP contribution in [0.2, 0.25) is 0 Å². The summed E-state index contributed by atoms with van der Waals surface area (Å²) in [5.74, 6) is 0.355. The monoisotopic (exact) mass is 410 g/mol. The topological polar surface area (TPSA) is 84.3 Å². The molecule has 1 aliphatic rings. The van der Waals surface area contributed by atoms with Crippen LogP contribution < -0.4 is 9.62 Å². The number of rotatable bonds is 5. The summed E-state index contributed by atoms with van der Waals surface area (Å²) in [6, 6.07) is 16.8. The van der Waals surface area contributed by atoms with Gasteiger partial charge in [0.25, 0.3) is 5.91 Å². The van der Waals surface area contributed by atoms with Crippen LogP contribution in [-0.2, 0) is 23.0 Å². The summed E-state index contributed by atoms with van der Waals surface area (Å²) in [7, 11) is -3.33. The van der Waals surface area contributed by atoms with Gasteiger partial charge in [0.1, 0.15) is 5.82 Å². The van der Waals surface area contributed by atoms with Crippen LogP contribution in [-0.4, -0.2) is 36.9 Å². The normalized spacial score (nSPS) is 13.8. The van der Waals surface area contributed by atoms with Crippen molar-refractivity contribution in [2.45, 2.75) is 19.4 Å². The average Bonchev–Trinajstić information content (AvgIpc) is 3.13. The van der Waals surface area contributed by atoms with E-state index >= 15 is 0 Å². The molecule has 0 unspecified atom stereocenters. The summed E-state index contributed by atoms with van der Waals surface area (Å²) in [5, 5.41) is 7.20. The van der Waals surface area contributed by atoms with E-state index in [4.69, 9.17) is 0 Å². The minimum absolute atomic E-state index is 0.251. The number of hydrogen-bond acceptors (Lipinski definition) is 4. The molecule has 150 valence electrons. The van der Waals surface area contributed by atoms with Crippen molar-refractivity contribution in [1.29, 1.82) is 0 Å². The fraction of sp³-hybridized carbons (Fsp3) is 0.238. The van der Waals surface area contributed by atoms with E-state index in [-0.39, 0.29) is 5.91 Å². The highest BCUT2D eigenvalue weighted by atomic mass is 32.2. The van der Waals surface area contributed by atoms with Crippen molar-refractivity contribution < 1.29 is 13.2 Å². The molecule has 1 aliphatic heterocycles. The fourth-order valence-electron chi connectivity index (χ4n) is 3.56. The summed E-state index contributed by atoms with van der Waals surface area (Å²) in [6.45, 7) is 1.02. The van der Waals surface area contributed by atoms with E-state index in [9.17, 15) is 13.2 Å². The van der Waals surface area contributed by atoms with E-state index in [2.05, 4.69) is 10.4 Å². The predicted molar refractivity (Wildman–Crippen MR) is 113 cm³/mol. The summed E-state index contributed by atoms with van der Waals surface area (Å²) in [6.07, 6.45) is 4.33. The van der Waals surface area contributed by atoms with Gasteiger partial charge in [-0.1, -0.05) is 30.3 Å². The van der Waals surface area contributed by atoms with E-state index in [1.165, 1.54) is 10.6 Å². The molecule has 0 atom stereocenters. The molecular formula is C21H22N4O3S. The van der Waals surface area contributed by atoms with E-state index in [0.29, 0.717) is 30.2 Å². The number of hydrogen-bond donors (Lipinski definition) is 1. The van der Waals surface area contributed by atoms with Gasteiger partial charge in [0.2, 0.25) is 10.0 Å². The highest BCUT2D eigenvalue weighted by Crippen LogP contribution is 2.30. The number of nitrogens with zero attached hydrogens (tertiary/aromatic N) is 3. The van der Waals surface area contributed by atoms with E-state index in [1.54, 1.807) is 35.1 Å². The number of fused-ring (bicyclic) bond motifs is 1. The zero-order valence-electron chi connectivity index (χ0n) is 16.1. The Bertz CT molecular complexity index is 1140. The summed E-state index contributed by atoms with van der Waals surface area (Å²) < 4.78 is 27.1. The number of carbonyl (C=O) groups is 1. The molecule has 0 spiro atoms. The number of aryl methyl sites for hydroxylation is 1. The summed E-state index contributed by atoms with van der Waals surface area (Å²) in [4.78, 5) is 12.8. The van der Waals surface area contributed by atoms with Crippen LogP contribution in [0, 0.1) is 0 Å². The molecule has 3 aromatic rings. The largest absolute Gasteiger partial charge is 0.307 e. The Kier molecular flexibility index (Phi) is 5.10. The molecule has 0 aliphatic carbocycles. The lowest BCUT2D eigenvalue weighted by atomic mass is 10.0. The van der Waals surface area contributed by atoms with Crippen LogP contribution >= 0.6 is 0 Å². The van der Waals surface area contributed by atoms with E-state index in [1.807, 2.05) is 30.3 Å². The van der Waals surface area contributed by atoms with Crippen molar-refractivity contribution in [1.82, 2.24) is 9.78 Å². The van der Waals surface area contributed by atoms with Crippen LogP contribution in [0.4, 0.5) is 11.5 Å². The summed E-state index contributed by atoms with van der Waals surface area (Å²) >= 11 is 0. The van der Waals surface area contributed by atoms with Crippen molar-refractivity contribution in [2.75, 3.05) is 22.4 Å². The molecule has 1 N–H and O–H groups in total. The Labute approximate surface area is 170 Å². The van der Waals surface area contributed by atoms with Gasteiger partial charge < -0.3 is 5.32 Å². The fourth-order valence-corrected chi connectivity index (χ4v) is 4.55. The molecule has 1 amide bonds. The Morgan fingerprint density at radius 2 is 1.93 bits per heavy atom. The predicted octanol–water partition coefficient (Wildman–Crippen LogP) is 2.90. The second-order valence-electron chi connectivity index (χ2n) is 7.10. The van der Waals surface area contributed by atoms with Gasteiger partial charge in [-0.05, 0) is 42.2 Å². The van der Waals surface area contributed by atoms with Crippen molar-refractivity contribution in [3.8, 4) is 0 Å². The van der Waals surface area contributed by atoms with E-state index in [0.717, 1.165) is 24.0 Å². The van der Waals surface area contributed by atoms with Gasteiger partial charge in [-0.15, -0.1) is 0 Å². The first-order valence-corrected chi connectivity index (χ1v) is 11.2. The van der Waals surface area contributed by atoms with Gasteiger partial charge in [0.05, 0.1) is 24.7 Å². The third-order valence-electron chi connectivity index (χ3n) is 4.95. The third kappa shape index (κ3) is 4.17. The Hall–Kier alpha value is -3.13. The number of amides is 1. The molecule has 2 heterocycles. The number of carbonyl (C=O) groups excluding carboxylic acids is 1. The van der Waals surface area contributed by atoms with Crippen LogP contribution in [0.25, 0.3) is 0 Å². The Balaban J connectivity index is 1.54. The van der Waals surface area contributed by atoms with Gasteiger partial charge in [-0.3, -0.25) is 9.10 Å². The summed E-state index contributed by atoms with van der Waals surface area (Å²) in [5.41, 5.74) is 3.10. The molecule has 1 aromatic heterocycles. The third-order valence-corrected chi connectivity index (χ3v) is 6.13. The number of sulfonamides is 1. The van der Waals surface area contributed by atoms with Gasteiger partial charge in [-0.25, -0.2) is 13.1 Å². The standard InChI is InChI=1S/C21H22N4O3S/c1-29(27,28)25-13-5-8-17-14-18(9-10-19(17)25)21(26)23-20-11-12-22-24(20)15-16-6-3-2-4-7-16/h2-4,6-7,9-12,14H,5,8,13,15H2,1H3,(H,23,26). The molecule has 0 radical (unpaired) electrons. The number of nitrogens with one attached hydrogen (secondary N) is 1. The first-order chi connectivity index (χ1) is 13.9. The minimum Gasteiger partial charge on any atom is -0.307 e. The molecule has 0 saturated heterocycles. The highest BCUT2D eigenvalue weighted by Gasteiger charge is 2.24. The maximum absolute atomic E-state index is 12.8. The highest BCUT2D eigenvalue weighted by molar-refractivity contribution is 7.92. The zero-order valence-corrected chi connectivity index (χ0v) is 16.9. The maximum atomic E-state index is 12.8. The van der Waals surface area contributed by atoms with Crippen LogP contribution in [0.1, 0.15) is 27.9 Å². The number of benzene rings is 2. The second kappa shape index (κ2) is 7.71. The van der Waals surface area contributed by atoms with Crippen molar-refractivity contribution in [3.63, 3.8) is 0 Å². The van der Waals surface area contributed by atoms with Crippen molar-refractivity contribution in [2.24, 2.45) is 0 Å². The SMILES string of the molecule is CS(=O)(=O)N1CCCc2cc(C(=O)Nc3ccnn3Cc3ccccc3)ccc21. The minimum atomic E-state index is -3.33. The maximum Gasteiger partial charge on any atom is 0.256 e. The van der Waals surface area contributed by atoms with Crippen molar-refractivity contribution in [3.05, 3.63) is 77.5 Å². The van der Waals surface area contributed by atoms with Gasteiger partial charge in [0.15, 0.2) is 0 Å². The average molecular weight is 410 g/mol. The molecule has 2 aromatic carbocycles. The van der Waals surface area contributed by atoms with Crippen molar-refractivity contribution >= 4 is 27.4 Å². The molecular weight excluding hydrogens is 388 g/mol. The number of aromatic nitrogens is 2. The lowest BCUT2D eigenvalue weighted by Gasteiger charge is -2.29. The lowest BCUT2D eigenvalue weighted by Crippen LogP contribution is -2.34. The Morgan fingerprint density at radius 1 is 1.14 bits per heavy atom. The van der Waals surface area contributed by atoms with Gasteiger partial charge in [0, 0.05) is 18.2 Å². The first kappa shape index (κ1) is 19.2. The first-order valence-electron chi connectivity index (χ1n) is 9.39. The molecule has 8 heteroatoms. The zero-order chi connectivity index (χ0) is 20.4. The molecule has 4 rings (SSSR count). The molecule has 0 bridgehead atoms. The van der Waals surface area contributed by atoms with Crippen LogP contribution in [0.3, 0.4) is 0 Å². The quantitative estimate of drug-likeness (QED) is 0.701. The molecule has 7 nitrogen and oxygen atoms in total. The second-order valence-corrected chi connectivity index (χ2v) is 9.00. The Morgan fingerprint density at radius 3 is 2.69 bits per heavy atom.